The van der Waals surface area contributed by atoms with Gasteiger partial charge in [0, 0.05) is 0 Å². The van der Waals surface area contributed by atoms with Crippen LogP contribution in [0.2, 0.25) is 0 Å². The summed E-state index contributed by atoms with van der Waals surface area (Å²) in [5.41, 5.74) is 0. The van der Waals surface area contributed by atoms with Crippen LogP contribution in [0.15, 0.2) is 0 Å². The molecule has 0 amide bonds. The molecular formula is C14H30O2. The standard InChI is InChI=1S/C14H30O2/c1-4-7-9-11-14(15)16-12-13(6-3)10-8-5-2/h13-15H,4-12H2,1-3H3. The Hall–Kier alpha value is -0.0800. The van der Waals surface area contributed by atoms with Gasteiger partial charge in [-0.15, -0.1) is 0 Å². The molecule has 0 aliphatic carbocycles. The zero-order valence-electron chi connectivity index (χ0n) is 11.4. The summed E-state index contributed by atoms with van der Waals surface area (Å²) in [6.45, 7) is 7.31. The van der Waals surface area contributed by atoms with Crippen molar-refractivity contribution in [1.29, 1.82) is 0 Å². The maximum atomic E-state index is 9.62. The minimum absolute atomic E-state index is 0.540. The molecule has 0 fully saturated rings. The molecule has 0 bridgehead atoms. The Kier molecular flexibility index (Phi) is 11.3. The van der Waals surface area contributed by atoms with Crippen molar-refractivity contribution in [3.63, 3.8) is 0 Å². The van der Waals surface area contributed by atoms with Crippen molar-refractivity contribution < 1.29 is 9.84 Å². The summed E-state index contributed by atoms with van der Waals surface area (Å²) in [6.07, 6.45) is 8.61. The lowest BCUT2D eigenvalue weighted by Gasteiger charge is -2.18. The van der Waals surface area contributed by atoms with E-state index in [1.54, 1.807) is 0 Å². The van der Waals surface area contributed by atoms with E-state index in [0.29, 0.717) is 5.92 Å². The first-order chi connectivity index (χ1) is 7.74. The number of unbranched alkanes of at least 4 members (excludes halogenated alkanes) is 3. The van der Waals surface area contributed by atoms with Crippen molar-refractivity contribution in [2.45, 2.75) is 78.4 Å². The zero-order chi connectivity index (χ0) is 12.2. The first-order valence-electron chi connectivity index (χ1n) is 7.04. The molecule has 2 heteroatoms. The summed E-state index contributed by atoms with van der Waals surface area (Å²) in [5.74, 6) is 0.626. The third-order valence-corrected chi connectivity index (χ3v) is 3.12. The molecule has 98 valence electrons. The second kappa shape index (κ2) is 11.4. The molecule has 0 radical (unpaired) electrons. The second-order valence-electron chi connectivity index (χ2n) is 4.70. The average molecular weight is 230 g/mol. The van der Waals surface area contributed by atoms with Crippen LogP contribution in [-0.4, -0.2) is 18.0 Å². The van der Waals surface area contributed by atoms with Crippen LogP contribution in [0.25, 0.3) is 0 Å². The summed E-state index contributed by atoms with van der Waals surface area (Å²) in [4.78, 5) is 0. The van der Waals surface area contributed by atoms with E-state index in [-0.39, 0.29) is 0 Å². The lowest BCUT2D eigenvalue weighted by atomic mass is 10.0. The highest BCUT2D eigenvalue weighted by atomic mass is 16.6. The Labute approximate surface area is 101 Å². The first kappa shape index (κ1) is 15.9. The molecule has 2 unspecified atom stereocenters. The van der Waals surface area contributed by atoms with Crippen LogP contribution in [0, 0.1) is 5.92 Å². The van der Waals surface area contributed by atoms with E-state index in [1.807, 2.05) is 0 Å². The zero-order valence-corrected chi connectivity index (χ0v) is 11.4. The number of rotatable bonds is 11. The van der Waals surface area contributed by atoms with Crippen LogP contribution >= 0.6 is 0 Å². The maximum Gasteiger partial charge on any atom is 0.154 e. The van der Waals surface area contributed by atoms with Gasteiger partial charge in [-0.2, -0.15) is 0 Å². The Bertz CT molecular complexity index is 137. The maximum absolute atomic E-state index is 9.62. The van der Waals surface area contributed by atoms with E-state index in [9.17, 15) is 5.11 Å². The number of aliphatic hydroxyl groups is 1. The minimum atomic E-state index is -0.540. The van der Waals surface area contributed by atoms with Gasteiger partial charge in [0.1, 0.15) is 0 Å². The SMILES string of the molecule is CCCCCC(O)OCC(CC)CCCC. The molecular weight excluding hydrogens is 200 g/mol. The third kappa shape index (κ3) is 9.17. The molecule has 0 aromatic heterocycles. The smallest absolute Gasteiger partial charge is 0.154 e. The molecule has 2 nitrogen and oxygen atoms in total. The van der Waals surface area contributed by atoms with E-state index < -0.39 is 6.29 Å². The van der Waals surface area contributed by atoms with E-state index in [4.69, 9.17) is 4.74 Å². The minimum Gasteiger partial charge on any atom is -0.368 e. The van der Waals surface area contributed by atoms with Crippen molar-refractivity contribution >= 4 is 0 Å². The molecule has 0 saturated carbocycles. The Morgan fingerprint density at radius 2 is 1.62 bits per heavy atom. The number of ether oxygens (including phenoxy) is 1. The molecule has 1 N–H and O–H groups in total. The Morgan fingerprint density at radius 1 is 0.938 bits per heavy atom. The summed E-state index contributed by atoms with van der Waals surface area (Å²) in [5, 5.41) is 9.62. The molecule has 0 aliphatic heterocycles. The molecule has 0 aromatic rings. The highest BCUT2D eigenvalue weighted by molar-refractivity contribution is 4.56. The summed E-state index contributed by atoms with van der Waals surface area (Å²) in [7, 11) is 0. The van der Waals surface area contributed by atoms with Gasteiger partial charge in [0.15, 0.2) is 6.29 Å². The number of hydrogen-bond donors (Lipinski definition) is 1. The quantitative estimate of drug-likeness (QED) is 0.427. The summed E-state index contributed by atoms with van der Waals surface area (Å²) < 4.78 is 5.49. The van der Waals surface area contributed by atoms with Crippen LogP contribution in [0.5, 0.6) is 0 Å². The van der Waals surface area contributed by atoms with Crippen molar-refractivity contribution in [1.82, 2.24) is 0 Å². The highest BCUT2D eigenvalue weighted by Gasteiger charge is 2.09. The molecule has 0 rings (SSSR count). The highest BCUT2D eigenvalue weighted by Crippen LogP contribution is 2.14. The molecule has 2 atom stereocenters. The molecule has 0 heterocycles. The largest absolute Gasteiger partial charge is 0.368 e. The normalized spacial score (nSPS) is 15.0. The second-order valence-corrected chi connectivity index (χ2v) is 4.70. The van der Waals surface area contributed by atoms with E-state index in [0.717, 1.165) is 25.9 Å². The first-order valence-corrected chi connectivity index (χ1v) is 7.04. The molecule has 0 aliphatic rings. The van der Waals surface area contributed by atoms with Crippen LogP contribution in [0.3, 0.4) is 0 Å². The Balaban J connectivity index is 3.50. The topological polar surface area (TPSA) is 29.5 Å². The van der Waals surface area contributed by atoms with E-state index >= 15 is 0 Å². The van der Waals surface area contributed by atoms with Crippen LogP contribution < -0.4 is 0 Å². The van der Waals surface area contributed by atoms with Crippen LogP contribution in [0.1, 0.15) is 72.1 Å². The summed E-state index contributed by atoms with van der Waals surface area (Å²) in [6, 6.07) is 0. The lowest BCUT2D eigenvalue weighted by Crippen LogP contribution is -2.17. The van der Waals surface area contributed by atoms with E-state index in [2.05, 4.69) is 20.8 Å². The molecule has 0 saturated heterocycles. The third-order valence-electron chi connectivity index (χ3n) is 3.12. The fourth-order valence-electron chi connectivity index (χ4n) is 1.80. The molecule has 0 aromatic carbocycles. The average Bonchev–Trinajstić information content (AvgIpc) is 2.30. The molecule has 0 spiro atoms. The predicted octanol–water partition coefficient (Wildman–Crippen LogP) is 4.12. The fraction of sp³-hybridized carbons (Fsp3) is 1.00. The van der Waals surface area contributed by atoms with Crippen molar-refractivity contribution in [2.75, 3.05) is 6.61 Å². The monoisotopic (exact) mass is 230 g/mol. The lowest BCUT2D eigenvalue weighted by molar-refractivity contribution is -0.115. The van der Waals surface area contributed by atoms with Gasteiger partial charge in [0.25, 0.3) is 0 Å². The predicted molar refractivity (Wildman–Crippen MR) is 69.4 cm³/mol. The van der Waals surface area contributed by atoms with Crippen LogP contribution in [-0.2, 0) is 4.74 Å². The number of aliphatic hydroxyl groups excluding tert-OH is 1. The van der Waals surface area contributed by atoms with Gasteiger partial charge in [-0.05, 0) is 25.2 Å². The summed E-state index contributed by atoms with van der Waals surface area (Å²) >= 11 is 0. The van der Waals surface area contributed by atoms with Crippen molar-refractivity contribution in [3.8, 4) is 0 Å². The van der Waals surface area contributed by atoms with E-state index in [1.165, 1.54) is 32.1 Å². The van der Waals surface area contributed by atoms with Crippen molar-refractivity contribution in [3.05, 3.63) is 0 Å². The van der Waals surface area contributed by atoms with Gasteiger partial charge in [-0.3, -0.25) is 0 Å². The molecule has 16 heavy (non-hydrogen) atoms. The van der Waals surface area contributed by atoms with Crippen molar-refractivity contribution in [2.24, 2.45) is 5.92 Å². The fourth-order valence-corrected chi connectivity index (χ4v) is 1.80. The van der Waals surface area contributed by atoms with Gasteiger partial charge in [0.2, 0.25) is 0 Å². The van der Waals surface area contributed by atoms with Gasteiger partial charge in [-0.1, -0.05) is 52.9 Å². The van der Waals surface area contributed by atoms with Gasteiger partial charge >= 0.3 is 0 Å². The van der Waals surface area contributed by atoms with Gasteiger partial charge in [-0.25, -0.2) is 0 Å². The van der Waals surface area contributed by atoms with Crippen LogP contribution in [0.4, 0.5) is 0 Å². The Morgan fingerprint density at radius 3 is 2.19 bits per heavy atom. The van der Waals surface area contributed by atoms with Gasteiger partial charge in [0.05, 0.1) is 6.61 Å². The van der Waals surface area contributed by atoms with Gasteiger partial charge < -0.3 is 9.84 Å². The number of hydrogen-bond acceptors (Lipinski definition) is 2.